The molecule has 0 N–H and O–H groups in total. The molecule has 1 aromatic carbocycles. The number of carbonyl (C=O) groups is 1. The Morgan fingerprint density at radius 3 is 2.47 bits per heavy atom. The zero-order valence-electron chi connectivity index (χ0n) is 11.0. The smallest absolute Gasteiger partial charge is 0.204 e. The summed E-state index contributed by atoms with van der Waals surface area (Å²) in [5.74, 6) is 0.00914. The van der Waals surface area contributed by atoms with Crippen LogP contribution in [0.15, 0.2) is 34.8 Å². The summed E-state index contributed by atoms with van der Waals surface area (Å²) in [4.78, 5) is 14.4. The van der Waals surface area contributed by atoms with Crippen LogP contribution in [0.4, 0.5) is 0 Å². The van der Waals surface area contributed by atoms with E-state index in [0.29, 0.717) is 10.6 Å². The molecule has 0 aliphatic heterocycles. The lowest BCUT2D eigenvalue weighted by Crippen LogP contribution is -2.08. The average Bonchev–Trinajstić information content (AvgIpc) is 2.80. The first-order valence-corrected chi connectivity index (χ1v) is 7.88. The fourth-order valence-corrected chi connectivity index (χ4v) is 3.28. The lowest BCUT2D eigenvalue weighted by Gasteiger charge is -2.15. The monoisotopic (exact) mass is 356 g/mol. The summed E-state index contributed by atoms with van der Waals surface area (Å²) in [5.41, 5.74) is 0.671. The highest BCUT2D eigenvalue weighted by molar-refractivity contribution is 9.10. The molecule has 1 nitrogen and oxygen atoms in total. The predicted molar refractivity (Wildman–Crippen MR) is 85.6 cm³/mol. The zero-order chi connectivity index (χ0) is 14.2. The van der Waals surface area contributed by atoms with Crippen molar-refractivity contribution in [3.63, 3.8) is 0 Å². The van der Waals surface area contributed by atoms with Gasteiger partial charge in [-0.1, -0.05) is 48.3 Å². The second-order valence-electron chi connectivity index (χ2n) is 5.37. The lowest BCUT2D eigenvalue weighted by molar-refractivity contribution is 0.104. The molecular formula is C15H14BrClOS. The van der Waals surface area contributed by atoms with Gasteiger partial charge >= 0.3 is 0 Å². The second kappa shape index (κ2) is 5.39. The van der Waals surface area contributed by atoms with Crippen molar-refractivity contribution in [3.8, 4) is 0 Å². The third-order valence-corrected chi connectivity index (χ3v) is 5.18. The maximum Gasteiger partial charge on any atom is 0.204 e. The molecule has 1 aromatic heterocycles. The van der Waals surface area contributed by atoms with Crippen molar-refractivity contribution in [3.05, 3.63) is 55.1 Å². The van der Waals surface area contributed by atoms with Crippen LogP contribution in [0, 0.1) is 0 Å². The minimum Gasteiger partial charge on any atom is -0.288 e. The molecule has 4 heteroatoms. The molecule has 0 bridgehead atoms. The number of ketones is 1. The van der Waals surface area contributed by atoms with Crippen LogP contribution >= 0.6 is 38.9 Å². The molecule has 0 aliphatic carbocycles. The number of hydrogen-bond donors (Lipinski definition) is 0. The van der Waals surface area contributed by atoms with Crippen LogP contribution in [-0.4, -0.2) is 5.78 Å². The first kappa shape index (κ1) is 14.8. The van der Waals surface area contributed by atoms with Gasteiger partial charge in [-0.05, 0) is 35.7 Å². The first-order chi connectivity index (χ1) is 8.79. The Morgan fingerprint density at radius 2 is 1.89 bits per heavy atom. The summed E-state index contributed by atoms with van der Waals surface area (Å²) in [6.45, 7) is 6.42. The molecule has 100 valence electrons. The molecule has 0 unspecified atom stereocenters. The summed E-state index contributed by atoms with van der Waals surface area (Å²) in [6.07, 6.45) is 0. The highest BCUT2D eigenvalue weighted by atomic mass is 79.9. The van der Waals surface area contributed by atoms with E-state index in [1.807, 2.05) is 12.1 Å². The molecule has 1 heterocycles. The number of benzene rings is 1. The van der Waals surface area contributed by atoms with E-state index in [1.165, 1.54) is 4.88 Å². The number of carbonyl (C=O) groups excluding carboxylic acids is 1. The maximum atomic E-state index is 12.5. The van der Waals surface area contributed by atoms with Crippen molar-refractivity contribution >= 4 is 44.7 Å². The topological polar surface area (TPSA) is 17.1 Å². The van der Waals surface area contributed by atoms with E-state index in [1.54, 1.807) is 29.5 Å². The Bertz CT molecular complexity index is 625. The molecule has 0 aliphatic rings. The summed E-state index contributed by atoms with van der Waals surface area (Å²) < 4.78 is 0.771. The van der Waals surface area contributed by atoms with Crippen LogP contribution in [0.2, 0.25) is 5.02 Å². The van der Waals surface area contributed by atoms with Crippen molar-refractivity contribution in [1.29, 1.82) is 0 Å². The van der Waals surface area contributed by atoms with Crippen molar-refractivity contribution in [1.82, 2.24) is 0 Å². The van der Waals surface area contributed by atoms with Crippen molar-refractivity contribution in [2.75, 3.05) is 0 Å². The molecule has 0 spiro atoms. The Morgan fingerprint density at radius 1 is 1.21 bits per heavy atom. The molecular weight excluding hydrogens is 344 g/mol. The minimum absolute atomic E-state index is 0.00914. The van der Waals surface area contributed by atoms with Gasteiger partial charge in [0.1, 0.15) is 0 Å². The van der Waals surface area contributed by atoms with Crippen LogP contribution in [0.5, 0.6) is 0 Å². The van der Waals surface area contributed by atoms with Crippen LogP contribution < -0.4 is 0 Å². The molecule has 0 amide bonds. The minimum atomic E-state index is 0.00914. The Hall–Kier alpha value is -0.640. The van der Waals surface area contributed by atoms with E-state index in [4.69, 9.17) is 11.6 Å². The van der Waals surface area contributed by atoms with Gasteiger partial charge in [0.2, 0.25) is 5.78 Å². The molecule has 0 fully saturated rings. The summed E-state index contributed by atoms with van der Waals surface area (Å²) >= 11 is 10.9. The maximum absolute atomic E-state index is 12.5. The number of halogens is 2. The summed E-state index contributed by atoms with van der Waals surface area (Å²) in [6, 6.07) is 9.17. The molecule has 2 aromatic rings. The zero-order valence-corrected chi connectivity index (χ0v) is 14.1. The van der Waals surface area contributed by atoms with E-state index in [9.17, 15) is 4.79 Å². The highest BCUT2D eigenvalue weighted by Gasteiger charge is 2.20. The fraction of sp³-hybridized carbons (Fsp3) is 0.267. The molecule has 2 rings (SSSR count). The van der Waals surface area contributed by atoms with Crippen LogP contribution in [0.25, 0.3) is 0 Å². The van der Waals surface area contributed by atoms with E-state index >= 15 is 0 Å². The van der Waals surface area contributed by atoms with Gasteiger partial charge in [-0.2, -0.15) is 0 Å². The summed E-state index contributed by atoms with van der Waals surface area (Å²) in [5, 5.41) is 0.569. The molecule has 0 saturated heterocycles. The second-order valence-corrected chi connectivity index (χ2v) is 7.74. The molecule has 19 heavy (non-hydrogen) atoms. The van der Waals surface area contributed by atoms with Gasteiger partial charge in [-0.15, -0.1) is 11.3 Å². The van der Waals surface area contributed by atoms with Gasteiger partial charge in [-0.3, -0.25) is 4.79 Å². The number of thiophene rings is 1. The standard InChI is InChI=1S/C15H14BrClOS/c1-15(2,3)13-7-6-12(19-13)14(18)10-8-9(17)4-5-11(10)16/h4-8H,1-3H3. The predicted octanol–water partition coefficient (Wildman–Crippen LogP) is 5.69. The van der Waals surface area contributed by atoms with Crippen LogP contribution in [0.3, 0.4) is 0 Å². The first-order valence-electron chi connectivity index (χ1n) is 5.89. The van der Waals surface area contributed by atoms with Crippen molar-refractivity contribution < 1.29 is 4.79 Å². The van der Waals surface area contributed by atoms with Crippen molar-refractivity contribution in [2.24, 2.45) is 0 Å². The van der Waals surface area contributed by atoms with Crippen LogP contribution in [-0.2, 0) is 5.41 Å². The lowest BCUT2D eigenvalue weighted by atomic mass is 9.95. The van der Waals surface area contributed by atoms with Gasteiger partial charge in [-0.25, -0.2) is 0 Å². The third kappa shape index (κ3) is 3.28. The fourth-order valence-electron chi connectivity index (χ4n) is 1.67. The summed E-state index contributed by atoms with van der Waals surface area (Å²) in [7, 11) is 0. The number of rotatable bonds is 2. The average molecular weight is 358 g/mol. The Labute approximate surface area is 130 Å². The number of hydrogen-bond acceptors (Lipinski definition) is 2. The SMILES string of the molecule is CC(C)(C)c1ccc(C(=O)c2cc(Cl)ccc2Br)s1. The van der Waals surface area contributed by atoms with Crippen LogP contribution in [0.1, 0.15) is 40.9 Å². The quantitative estimate of drug-likeness (QED) is 0.631. The van der Waals surface area contributed by atoms with Gasteiger partial charge < -0.3 is 0 Å². The van der Waals surface area contributed by atoms with E-state index in [0.717, 1.165) is 9.35 Å². The Kier molecular flexibility index (Phi) is 4.19. The van der Waals surface area contributed by atoms with Gasteiger partial charge in [0.15, 0.2) is 0 Å². The van der Waals surface area contributed by atoms with Gasteiger partial charge in [0.05, 0.1) is 4.88 Å². The molecule has 0 radical (unpaired) electrons. The van der Waals surface area contributed by atoms with Crippen molar-refractivity contribution in [2.45, 2.75) is 26.2 Å². The van der Waals surface area contributed by atoms with E-state index in [2.05, 4.69) is 36.7 Å². The molecule has 0 saturated carbocycles. The molecule has 0 atom stereocenters. The van der Waals surface area contributed by atoms with Gasteiger partial charge in [0.25, 0.3) is 0 Å². The van der Waals surface area contributed by atoms with E-state index < -0.39 is 0 Å². The Balaban J connectivity index is 2.39. The third-order valence-electron chi connectivity index (χ3n) is 2.74. The van der Waals surface area contributed by atoms with E-state index in [-0.39, 0.29) is 11.2 Å². The van der Waals surface area contributed by atoms with Gasteiger partial charge in [0, 0.05) is 19.9 Å². The highest BCUT2D eigenvalue weighted by Crippen LogP contribution is 2.32. The largest absolute Gasteiger partial charge is 0.288 e. The normalized spacial score (nSPS) is 11.6.